The molecule has 0 atom stereocenters. The second kappa shape index (κ2) is 6.64. The smallest absolute Gasteiger partial charge is 0.323 e. The Kier molecular flexibility index (Phi) is 4.61. The minimum atomic E-state index is -0.0854. The van der Waals surface area contributed by atoms with Gasteiger partial charge in [0.25, 0.3) is 0 Å². The summed E-state index contributed by atoms with van der Waals surface area (Å²) in [6.45, 7) is 4.25. The van der Waals surface area contributed by atoms with E-state index >= 15 is 0 Å². The standard InChI is InChI=1S/C15H22N4O2S/c1-11-10-16-14(22-11)17-15(21)18-8-5-12(6-9-18)19-7-3-2-4-13(19)20/h10,12H,2-9H2,1H3,(H,16,17,21). The van der Waals surface area contributed by atoms with Gasteiger partial charge in [-0.3, -0.25) is 10.1 Å². The number of nitrogens with zero attached hydrogens (tertiary/aromatic N) is 3. The summed E-state index contributed by atoms with van der Waals surface area (Å²) in [4.78, 5) is 33.3. The number of anilines is 1. The number of aryl methyl sites for hydroxylation is 1. The Morgan fingerprint density at radius 1 is 1.32 bits per heavy atom. The summed E-state index contributed by atoms with van der Waals surface area (Å²) >= 11 is 1.48. The van der Waals surface area contributed by atoms with E-state index in [0.717, 1.165) is 37.1 Å². The van der Waals surface area contributed by atoms with Crippen LogP contribution in [0.3, 0.4) is 0 Å². The Hall–Kier alpha value is -1.63. The van der Waals surface area contributed by atoms with Crippen LogP contribution in [0, 0.1) is 6.92 Å². The number of piperidine rings is 2. The molecular weight excluding hydrogens is 300 g/mol. The lowest BCUT2D eigenvalue weighted by Crippen LogP contribution is -2.50. The average molecular weight is 322 g/mol. The molecule has 0 aromatic carbocycles. The molecule has 2 saturated heterocycles. The Morgan fingerprint density at radius 2 is 2.09 bits per heavy atom. The molecule has 2 aliphatic heterocycles. The Labute approximate surface area is 134 Å². The molecule has 0 unspecified atom stereocenters. The van der Waals surface area contributed by atoms with Crippen molar-refractivity contribution in [3.63, 3.8) is 0 Å². The molecule has 6 nitrogen and oxygen atoms in total. The number of carbonyl (C=O) groups excluding carboxylic acids is 2. The predicted octanol–water partition coefficient (Wildman–Crippen LogP) is 2.46. The maximum atomic E-state index is 12.2. The number of carbonyl (C=O) groups is 2. The minimum Gasteiger partial charge on any atom is -0.340 e. The summed E-state index contributed by atoms with van der Waals surface area (Å²) in [6.07, 6.45) is 6.31. The first-order chi connectivity index (χ1) is 10.6. The Bertz CT molecular complexity index is 551. The van der Waals surface area contributed by atoms with Crippen molar-refractivity contribution in [3.05, 3.63) is 11.1 Å². The highest BCUT2D eigenvalue weighted by Crippen LogP contribution is 2.23. The lowest BCUT2D eigenvalue weighted by molar-refractivity contribution is -0.136. The van der Waals surface area contributed by atoms with Gasteiger partial charge in [0.15, 0.2) is 5.13 Å². The van der Waals surface area contributed by atoms with Gasteiger partial charge in [0.05, 0.1) is 0 Å². The first kappa shape index (κ1) is 15.3. The number of nitrogens with one attached hydrogen (secondary N) is 1. The van der Waals surface area contributed by atoms with Crippen molar-refractivity contribution in [1.82, 2.24) is 14.8 Å². The van der Waals surface area contributed by atoms with Crippen LogP contribution in [0.5, 0.6) is 0 Å². The maximum absolute atomic E-state index is 12.2. The fourth-order valence-electron chi connectivity index (χ4n) is 3.18. The van der Waals surface area contributed by atoms with E-state index in [-0.39, 0.29) is 11.9 Å². The van der Waals surface area contributed by atoms with Gasteiger partial charge in [-0.05, 0) is 32.6 Å². The SMILES string of the molecule is Cc1cnc(NC(=O)N2CCC(N3CCCCC3=O)CC2)s1. The van der Waals surface area contributed by atoms with E-state index in [1.807, 2.05) is 16.7 Å². The predicted molar refractivity (Wildman–Crippen MR) is 86.0 cm³/mol. The van der Waals surface area contributed by atoms with Crippen molar-refractivity contribution in [2.75, 3.05) is 25.0 Å². The Morgan fingerprint density at radius 3 is 2.73 bits per heavy atom. The van der Waals surface area contributed by atoms with Gasteiger partial charge in [-0.2, -0.15) is 0 Å². The van der Waals surface area contributed by atoms with E-state index in [1.54, 1.807) is 6.20 Å². The van der Waals surface area contributed by atoms with Crippen molar-refractivity contribution in [3.8, 4) is 0 Å². The maximum Gasteiger partial charge on any atom is 0.323 e. The van der Waals surface area contributed by atoms with Crippen molar-refractivity contribution in [2.45, 2.75) is 45.1 Å². The number of rotatable bonds is 2. The molecule has 0 saturated carbocycles. The van der Waals surface area contributed by atoms with Crippen LogP contribution >= 0.6 is 11.3 Å². The van der Waals surface area contributed by atoms with E-state index in [9.17, 15) is 9.59 Å². The summed E-state index contributed by atoms with van der Waals surface area (Å²) in [5, 5.41) is 3.50. The first-order valence-corrected chi connectivity index (χ1v) is 8.73. The number of aromatic nitrogens is 1. The molecule has 3 rings (SSSR count). The van der Waals surface area contributed by atoms with Crippen LogP contribution < -0.4 is 5.32 Å². The zero-order chi connectivity index (χ0) is 15.5. The molecule has 1 aromatic heterocycles. The third kappa shape index (κ3) is 3.40. The monoisotopic (exact) mass is 322 g/mol. The van der Waals surface area contributed by atoms with Crippen molar-refractivity contribution >= 4 is 28.4 Å². The number of urea groups is 1. The number of hydrogen-bond acceptors (Lipinski definition) is 4. The van der Waals surface area contributed by atoms with E-state index in [2.05, 4.69) is 10.3 Å². The second-order valence-electron chi connectivity index (χ2n) is 5.97. The molecule has 1 aromatic rings. The topological polar surface area (TPSA) is 65.5 Å². The van der Waals surface area contributed by atoms with Crippen molar-refractivity contribution < 1.29 is 9.59 Å². The van der Waals surface area contributed by atoms with Gasteiger partial charge in [-0.1, -0.05) is 0 Å². The van der Waals surface area contributed by atoms with Gasteiger partial charge < -0.3 is 9.80 Å². The fourth-order valence-corrected chi connectivity index (χ4v) is 3.83. The van der Waals surface area contributed by atoms with Crippen LogP contribution in [0.25, 0.3) is 0 Å². The van der Waals surface area contributed by atoms with Gasteiger partial charge >= 0.3 is 6.03 Å². The summed E-state index contributed by atoms with van der Waals surface area (Å²) in [6, 6.07) is 0.219. The van der Waals surface area contributed by atoms with Gasteiger partial charge in [0.1, 0.15) is 0 Å². The number of hydrogen-bond donors (Lipinski definition) is 1. The quantitative estimate of drug-likeness (QED) is 0.909. The lowest BCUT2D eigenvalue weighted by atomic mass is 10.00. The number of thiazole rings is 1. The molecule has 2 aliphatic rings. The van der Waals surface area contributed by atoms with E-state index in [4.69, 9.17) is 0 Å². The van der Waals surface area contributed by atoms with E-state index in [1.165, 1.54) is 11.3 Å². The van der Waals surface area contributed by atoms with Gasteiger partial charge in [0, 0.05) is 43.2 Å². The van der Waals surface area contributed by atoms with Crippen LogP contribution in [0.4, 0.5) is 9.93 Å². The van der Waals surface area contributed by atoms with Crippen LogP contribution in [-0.4, -0.2) is 52.4 Å². The van der Waals surface area contributed by atoms with Gasteiger partial charge in [0.2, 0.25) is 5.91 Å². The summed E-state index contributed by atoms with van der Waals surface area (Å²) < 4.78 is 0. The zero-order valence-electron chi connectivity index (χ0n) is 12.9. The molecule has 1 N–H and O–H groups in total. The van der Waals surface area contributed by atoms with E-state index in [0.29, 0.717) is 30.7 Å². The lowest BCUT2D eigenvalue weighted by Gasteiger charge is -2.40. The molecule has 0 spiro atoms. The molecule has 0 bridgehead atoms. The van der Waals surface area contributed by atoms with E-state index < -0.39 is 0 Å². The van der Waals surface area contributed by atoms with Crippen molar-refractivity contribution in [1.29, 1.82) is 0 Å². The highest BCUT2D eigenvalue weighted by Gasteiger charge is 2.30. The summed E-state index contributed by atoms with van der Waals surface area (Å²) in [5.41, 5.74) is 0. The fraction of sp³-hybridized carbons (Fsp3) is 0.667. The first-order valence-electron chi connectivity index (χ1n) is 7.91. The highest BCUT2D eigenvalue weighted by molar-refractivity contribution is 7.15. The average Bonchev–Trinajstić information content (AvgIpc) is 2.93. The molecule has 120 valence electrons. The van der Waals surface area contributed by atoms with Crippen LogP contribution in [0.15, 0.2) is 6.20 Å². The van der Waals surface area contributed by atoms with Gasteiger partial charge in [-0.15, -0.1) is 11.3 Å². The number of likely N-dealkylation sites (tertiary alicyclic amines) is 2. The summed E-state index contributed by atoms with van der Waals surface area (Å²) in [5.74, 6) is 0.285. The van der Waals surface area contributed by atoms with Crippen LogP contribution in [0.1, 0.15) is 37.0 Å². The molecule has 22 heavy (non-hydrogen) atoms. The molecule has 3 heterocycles. The third-order valence-electron chi connectivity index (χ3n) is 4.39. The van der Waals surface area contributed by atoms with Gasteiger partial charge in [-0.25, -0.2) is 9.78 Å². The minimum absolute atomic E-state index is 0.0854. The van der Waals surface area contributed by atoms with Crippen LogP contribution in [-0.2, 0) is 4.79 Å². The highest BCUT2D eigenvalue weighted by atomic mass is 32.1. The molecule has 3 amide bonds. The summed E-state index contributed by atoms with van der Waals surface area (Å²) in [7, 11) is 0. The second-order valence-corrected chi connectivity index (χ2v) is 7.20. The Balaban J connectivity index is 1.50. The molecule has 0 aliphatic carbocycles. The third-order valence-corrected chi connectivity index (χ3v) is 5.22. The normalized spacial score (nSPS) is 20.3. The molecule has 2 fully saturated rings. The zero-order valence-corrected chi connectivity index (χ0v) is 13.7. The molecular formula is C15H22N4O2S. The largest absolute Gasteiger partial charge is 0.340 e. The molecule has 7 heteroatoms. The van der Waals surface area contributed by atoms with Crippen LogP contribution in [0.2, 0.25) is 0 Å². The molecule has 0 radical (unpaired) electrons. The van der Waals surface area contributed by atoms with Crippen molar-refractivity contribution in [2.24, 2.45) is 0 Å². The number of amides is 3.